The van der Waals surface area contributed by atoms with E-state index in [1.165, 1.54) is 0 Å². The van der Waals surface area contributed by atoms with Crippen molar-refractivity contribution in [2.24, 2.45) is 0 Å². The van der Waals surface area contributed by atoms with Gasteiger partial charge in [-0.3, -0.25) is 0 Å². The molecule has 18 heavy (non-hydrogen) atoms. The van der Waals surface area contributed by atoms with Crippen LogP contribution in [0, 0.1) is 0 Å². The zero-order chi connectivity index (χ0) is 14.3. The van der Waals surface area contributed by atoms with E-state index in [1.54, 1.807) is 13.0 Å². The third-order valence-electron chi connectivity index (χ3n) is 2.13. The summed E-state index contributed by atoms with van der Waals surface area (Å²) in [4.78, 5) is 11.4. The average molecular weight is 273 g/mol. The molecule has 0 heterocycles. The predicted molar refractivity (Wildman–Crippen MR) is 75.4 cm³/mol. The Morgan fingerprint density at radius 3 is 2.44 bits per heavy atom. The van der Waals surface area contributed by atoms with Gasteiger partial charge in [0.05, 0.1) is 22.3 Å². The van der Waals surface area contributed by atoms with Crippen LogP contribution < -0.4 is 4.72 Å². The van der Waals surface area contributed by atoms with Crippen molar-refractivity contribution in [3.05, 3.63) is 24.8 Å². The number of hydrogen-bond donors (Lipinski definition) is 1. The van der Waals surface area contributed by atoms with Gasteiger partial charge < -0.3 is 4.74 Å². The van der Waals surface area contributed by atoms with E-state index in [0.717, 1.165) is 0 Å². The molecule has 104 valence electrons. The number of carbonyl (C=O) groups is 1. The van der Waals surface area contributed by atoms with Crippen LogP contribution in [0.25, 0.3) is 0 Å². The number of hydrogen-bond acceptors (Lipinski definition) is 3. The van der Waals surface area contributed by atoms with E-state index in [1.807, 2.05) is 20.8 Å². The summed E-state index contributed by atoms with van der Waals surface area (Å²) >= 11 is 0. The fourth-order valence-corrected chi connectivity index (χ4v) is 1.88. The number of carbonyl (C=O) groups excluding carboxylic acids is 1. The molecule has 0 aliphatic carbocycles. The van der Waals surface area contributed by atoms with E-state index in [-0.39, 0.29) is 10.8 Å². The molecular weight excluding hydrogens is 250 g/mol. The van der Waals surface area contributed by atoms with Crippen LogP contribution in [0.15, 0.2) is 24.8 Å². The first kappa shape index (κ1) is 17.1. The Hall–Kier alpha value is -0.940. The Morgan fingerprint density at radius 1 is 1.50 bits per heavy atom. The number of esters is 1. The fourth-order valence-electron chi connectivity index (χ4n) is 1.07. The number of nitrogens with one attached hydrogen (secondary N) is 1. The first-order chi connectivity index (χ1) is 8.22. The van der Waals surface area contributed by atoms with Crippen LogP contribution >= 0.6 is 0 Å². The zero-order valence-electron chi connectivity index (χ0n) is 11.6. The predicted octanol–water partition coefficient (Wildman–Crippen LogP) is 2.10. The third kappa shape index (κ3) is 6.12. The lowest BCUT2D eigenvalue weighted by molar-refractivity contribution is -0.138. The summed E-state index contributed by atoms with van der Waals surface area (Å²) in [5, 5.41) is 0. The van der Waals surface area contributed by atoms with Crippen LogP contribution in [0.5, 0.6) is 0 Å². The average Bonchev–Trinajstić information content (AvgIpc) is 2.26. The molecule has 0 aromatic rings. The minimum Gasteiger partial charge on any atom is -0.463 e. The molecule has 1 N–H and O–H groups in total. The van der Waals surface area contributed by atoms with Gasteiger partial charge in [-0.2, -0.15) is 0 Å². The van der Waals surface area contributed by atoms with Gasteiger partial charge in [-0.05, 0) is 34.1 Å². The fraction of sp³-hybridized carbons (Fsp3) is 0.615. The molecule has 5 heteroatoms. The molecule has 0 saturated heterocycles. The van der Waals surface area contributed by atoms with Gasteiger partial charge in [0.2, 0.25) is 0 Å². The summed E-state index contributed by atoms with van der Waals surface area (Å²) in [7, 11) is -1.22. The summed E-state index contributed by atoms with van der Waals surface area (Å²) in [6, 6.07) is -0.262. The van der Waals surface area contributed by atoms with Crippen molar-refractivity contribution >= 4 is 17.0 Å². The minimum absolute atomic E-state index is 0.262. The first-order valence-electron chi connectivity index (χ1n) is 5.87. The summed E-state index contributed by atoms with van der Waals surface area (Å²) in [5.41, 5.74) is 0.347. The molecule has 0 aromatic heterocycles. The summed E-state index contributed by atoms with van der Waals surface area (Å²) in [6.45, 7) is 15.0. The molecule has 4 nitrogen and oxygen atoms in total. The molecule has 2 atom stereocenters. The van der Waals surface area contributed by atoms with Crippen molar-refractivity contribution in [3.63, 3.8) is 0 Å². The van der Waals surface area contributed by atoms with Crippen molar-refractivity contribution in [3.8, 4) is 0 Å². The largest absolute Gasteiger partial charge is 0.463 e. The molecule has 0 saturated carbocycles. The molecule has 0 aromatic carbocycles. The maximum Gasteiger partial charge on any atom is 0.333 e. The van der Waals surface area contributed by atoms with E-state index < -0.39 is 17.0 Å². The van der Waals surface area contributed by atoms with Crippen LogP contribution in [0.1, 0.15) is 34.1 Å². The lowest BCUT2D eigenvalue weighted by Gasteiger charge is -2.22. The Bertz CT molecular complexity index is 345. The van der Waals surface area contributed by atoms with E-state index in [0.29, 0.717) is 18.6 Å². The van der Waals surface area contributed by atoms with Gasteiger partial charge in [0, 0.05) is 11.6 Å². The first-order valence-corrected chi connectivity index (χ1v) is 7.02. The summed E-state index contributed by atoms with van der Waals surface area (Å²) in [5.74, 6) is -0.423. The van der Waals surface area contributed by atoms with Gasteiger partial charge >= 0.3 is 5.97 Å². The Labute approximate surface area is 112 Å². The van der Waals surface area contributed by atoms with Gasteiger partial charge in [0.1, 0.15) is 0 Å². The topological polar surface area (TPSA) is 55.4 Å². The summed E-state index contributed by atoms with van der Waals surface area (Å²) in [6.07, 6.45) is 1.96. The smallest absolute Gasteiger partial charge is 0.333 e. The van der Waals surface area contributed by atoms with Crippen LogP contribution in [-0.4, -0.2) is 27.6 Å². The second-order valence-electron chi connectivity index (χ2n) is 4.87. The van der Waals surface area contributed by atoms with E-state index >= 15 is 0 Å². The highest BCUT2D eigenvalue weighted by atomic mass is 32.2. The molecule has 0 radical (unpaired) electrons. The highest BCUT2D eigenvalue weighted by Crippen LogP contribution is 2.13. The van der Waals surface area contributed by atoms with E-state index in [4.69, 9.17) is 4.74 Å². The molecule has 0 rings (SSSR count). The second-order valence-corrected chi connectivity index (χ2v) is 6.87. The van der Waals surface area contributed by atoms with Gasteiger partial charge in [-0.15, -0.1) is 6.58 Å². The summed E-state index contributed by atoms with van der Waals surface area (Å²) < 4.78 is 19.3. The maximum atomic E-state index is 11.9. The maximum absolute atomic E-state index is 11.9. The van der Waals surface area contributed by atoms with E-state index in [2.05, 4.69) is 17.9 Å². The van der Waals surface area contributed by atoms with Gasteiger partial charge in [-0.1, -0.05) is 12.7 Å². The standard InChI is InChI=1S/C13H23NO3S/c1-7-11(14-18(16)13(4,5)6)9-10(3)12(15)17-8-2/h7,11,14H,1,3,8-9H2,2,4-6H3/t11-,18+/m0/s1. The third-order valence-corrected chi connectivity index (χ3v) is 3.76. The molecule has 0 unspecified atom stereocenters. The highest BCUT2D eigenvalue weighted by molar-refractivity contribution is 7.84. The molecule has 0 spiro atoms. The van der Waals surface area contributed by atoms with Crippen molar-refractivity contribution in [1.82, 2.24) is 4.72 Å². The molecule has 0 fully saturated rings. The monoisotopic (exact) mass is 273 g/mol. The molecule has 0 aliphatic rings. The SMILES string of the molecule is C=C[C@@H](CC(=C)C(=O)OCC)N[S@](=O)C(C)(C)C. The molecule has 0 bridgehead atoms. The van der Waals surface area contributed by atoms with Crippen molar-refractivity contribution in [1.29, 1.82) is 0 Å². The Morgan fingerprint density at radius 2 is 2.06 bits per heavy atom. The number of ether oxygens (including phenoxy) is 1. The van der Waals surface area contributed by atoms with Crippen LogP contribution in [0.4, 0.5) is 0 Å². The minimum atomic E-state index is -1.22. The highest BCUT2D eigenvalue weighted by Gasteiger charge is 2.22. The second kappa shape index (κ2) is 7.48. The molecular formula is C13H23NO3S. The molecule has 0 amide bonds. The quantitative estimate of drug-likeness (QED) is 0.439. The van der Waals surface area contributed by atoms with Crippen molar-refractivity contribution in [2.75, 3.05) is 6.61 Å². The van der Waals surface area contributed by atoms with Crippen molar-refractivity contribution in [2.45, 2.75) is 44.9 Å². The van der Waals surface area contributed by atoms with E-state index in [9.17, 15) is 9.00 Å². The van der Waals surface area contributed by atoms with Gasteiger partial charge in [0.25, 0.3) is 0 Å². The molecule has 0 aliphatic heterocycles. The number of rotatable bonds is 7. The Balaban J connectivity index is 4.45. The van der Waals surface area contributed by atoms with Crippen molar-refractivity contribution < 1.29 is 13.7 Å². The van der Waals surface area contributed by atoms with Crippen LogP contribution in [0.2, 0.25) is 0 Å². The van der Waals surface area contributed by atoms with Gasteiger partial charge in [-0.25, -0.2) is 13.7 Å². The Kier molecular flexibility index (Phi) is 7.09. The van der Waals surface area contributed by atoms with Crippen LogP contribution in [-0.2, 0) is 20.5 Å². The van der Waals surface area contributed by atoms with Gasteiger partial charge in [0.15, 0.2) is 0 Å². The lowest BCUT2D eigenvalue weighted by Crippen LogP contribution is -2.39. The normalized spacial score (nSPS) is 14.7. The lowest BCUT2D eigenvalue weighted by atomic mass is 10.1. The van der Waals surface area contributed by atoms with Crippen LogP contribution in [0.3, 0.4) is 0 Å². The zero-order valence-corrected chi connectivity index (χ0v) is 12.4.